The molecule has 5 rings (SSSR count). The summed E-state index contributed by atoms with van der Waals surface area (Å²) >= 11 is 0. The predicted octanol–water partition coefficient (Wildman–Crippen LogP) is 2.27. The molecule has 1 aromatic rings. The lowest BCUT2D eigenvalue weighted by atomic mass is 9.63. The molecule has 30 heavy (non-hydrogen) atoms. The van der Waals surface area contributed by atoms with Gasteiger partial charge >= 0.3 is 6.03 Å². The number of nitro groups is 1. The number of anilines is 1. The van der Waals surface area contributed by atoms with Crippen LogP contribution in [-0.2, 0) is 9.59 Å². The number of carbonyl (C=O) groups is 3. The van der Waals surface area contributed by atoms with Crippen LogP contribution >= 0.6 is 0 Å². The fraction of sp³-hybridized carbons (Fsp3) is 0.450. The Labute approximate surface area is 172 Å². The van der Waals surface area contributed by atoms with Gasteiger partial charge in [0.1, 0.15) is 11.9 Å². The van der Waals surface area contributed by atoms with Crippen molar-refractivity contribution < 1.29 is 24.0 Å². The van der Waals surface area contributed by atoms with Gasteiger partial charge in [-0.05, 0) is 37.7 Å². The number of carbonyl (C=O) groups excluding carboxylic acids is 3. The Bertz CT molecular complexity index is 929. The summed E-state index contributed by atoms with van der Waals surface area (Å²) in [6, 6.07) is 3.10. The minimum Gasteiger partial charge on any atom is -0.495 e. The van der Waals surface area contributed by atoms with E-state index in [0.29, 0.717) is 0 Å². The maximum atomic E-state index is 12.9. The highest BCUT2D eigenvalue weighted by Crippen LogP contribution is 2.49. The second-order valence-electron chi connectivity index (χ2n) is 7.80. The van der Waals surface area contributed by atoms with E-state index >= 15 is 0 Å². The molecule has 1 heterocycles. The highest BCUT2D eigenvalue weighted by atomic mass is 16.6. The quantitative estimate of drug-likeness (QED) is 0.329. The van der Waals surface area contributed by atoms with Crippen LogP contribution in [0.1, 0.15) is 19.8 Å². The molecule has 10 nitrogen and oxygen atoms in total. The smallest absolute Gasteiger partial charge is 0.320 e. The lowest BCUT2D eigenvalue weighted by Gasteiger charge is -2.38. The third kappa shape index (κ3) is 3.17. The molecule has 5 atom stereocenters. The van der Waals surface area contributed by atoms with Crippen LogP contribution in [0.2, 0.25) is 0 Å². The molecule has 2 N–H and O–H groups in total. The van der Waals surface area contributed by atoms with Crippen molar-refractivity contribution in [3.63, 3.8) is 0 Å². The van der Waals surface area contributed by atoms with E-state index in [2.05, 4.69) is 10.6 Å². The molecule has 1 saturated heterocycles. The molecule has 0 aromatic heterocycles. The molecule has 4 amide bonds. The van der Waals surface area contributed by atoms with Gasteiger partial charge in [-0.3, -0.25) is 24.6 Å². The number of imide groups is 1. The van der Waals surface area contributed by atoms with Gasteiger partial charge in [0.25, 0.3) is 5.69 Å². The third-order valence-electron chi connectivity index (χ3n) is 6.16. The molecule has 1 saturated carbocycles. The standard InChI is InChI=1S/C20H22N4O6/c1-10(21-20(27)22-14-9-13(24(28)29)7-8-15(14)30-2)23-18(25)16-11-3-4-12(6-5-11)17(16)19(23)26/h3-4,7-12,16-17H,5-6H2,1-2H3,(H2,21,22,27)/t10-,11+,12+,16-,17+/m1/s1. The average Bonchev–Trinajstić information content (AvgIpc) is 3.01. The van der Waals surface area contributed by atoms with E-state index in [-0.39, 0.29) is 52.6 Å². The van der Waals surface area contributed by atoms with Crippen LogP contribution in [0.4, 0.5) is 16.2 Å². The fourth-order valence-corrected chi connectivity index (χ4v) is 4.80. The van der Waals surface area contributed by atoms with Crippen LogP contribution < -0.4 is 15.4 Å². The molecule has 0 unspecified atom stereocenters. The van der Waals surface area contributed by atoms with Crippen molar-refractivity contribution in [2.45, 2.75) is 25.9 Å². The summed E-state index contributed by atoms with van der Waals surface area (Å²) in [7, 11) is 1.37. The third-order valence-corrected chi connectivity index (χ3v) is 6.16. The summed E-state index contributed by atoms with van der Waals surface area (Å²) in [5, 5.41) is 16.1. The van der Waals surface area contributed by atoms with Gasteiger partial charge in [0.2, 0.25) is 11.8 Å². The largest absolute Gasteiger partial charge is 0.495 e. The molecule has 0 spiro atoms. The summed E-state index contributed by atoms with van der Waals surface area (Å²) in [5.41, 5.74) is -0.109. The van der Waals surface area contributed by atoms with Gasteiger partial charge in [-0.15, -0.1) is 0 Å². The number of amides is 4. The molecule has 2 bridgehead atoms. The molecule has 158 valence electrons. The second-order valence-corrected chi connectivity index (χ2v) is 7.80. The molecule has 3 aliphatic carbocycles. The number of hydrogen-bond acceptors (Lipinski definition) is 6. The summed E-state index contributed by atoms with van der Waals surface area (Å²) in [4.78, 5) is 49.9. The zero-order valence-electron chi connectivity index (χ0n) is 16.5. The molecule has 1 aliphatic heterocycles. The predicted molar refractivity (Wildman–Crippen MR) is 105 cm³/mol. The minimum absolute atomic E-state index is 0.0663. The van der Waals surface area contributed by atoms with Crippen LogP contribution in [0.5, 0.6) is 5.75 Å². The summed E-state index contributed by atoms with van der Waals surface area (Å²) < 4.78 is 5.12. The van der Waals surface area contributed by atoms with Crippen molar-refractivity contribution in [1.29, 1.82) is 0 Å². The van der Waals surface area contributed by atoms with E-state index in [1.807, 2.05) is 12.2 Å². The normalized spacial score (nSPS) is 27.6. The Morgan fingerprint density at radius 1 is 1.20 bits per heavy atom. The maximum Gasteiger partial charge on any atom is 0.320 e. The number of fused-ring (bicyclic) bond motifs is 1. The fourth-order valence-electron chi connectivity index (χ4n) is 4.80. The van der Waals surface area contributed by atoms with Crippen LogP contribution in [0.3, 0.4) is 0 Å². The zero-order chi connectivity index (χ0) is 21.6. The summed E-state index contributed by atoms with van der Waals surface area (Å²) in [6.07, 6.45) is 4.99. The van der Waals surface area contributed by atoms with E-state index in [1.165, 1.54) is 25.3 Å². The SMILES string of the molecule is COc1ccc([N+](=O)[O-])cc1NC(=O)N[C@@H](C)N1C(=O)[C@@H]2[C@H](C1=O)[C@H]1C=C[C@H]2CC1. The van der Waals surface area contributed by atoms with Gasteiger partial charge in [-0.25, -0.2) is 4.79 Å². The number of likely N-dealkylation sites (tertiary alicyclic amines) is 1. The first-order chi connectivity index (χ1) is 14.3. The molecular weight excluding hydrogens is 392 g/mol. The van der Waals surface area contributed by atoms with E-state index in [0.717, 1.165) is 17.7 Å². The lowest BCUT2D eigenvalue weighted by molar-refractivity contribution is -0.384. The molecule has 10 heteroatoms. The number of allylic oxidation sites excluding steroid dienone is 2. The van der Waals surface area contributed by atoms with Crippen molar-refractivity contribution in [3.8, 4) is 5.75 Å². The Hall–Kier alpha value is -3.43. The Kier molecular flexibility index (Phi) is 4.92. The van der Waals surface area contributed by atoms with Gasteiger partial charge in [-0.2, -0.15) is 0 Å². The van der Waals surface area contributed by atoms with Crippen molar-refractivity contribution in [3.05, 3.63) is 40.5 Å². The van der Waals surface area contributed by atoms with Crippen molar-refractivity contribution in [2.24, 2.45) is 23.7 Å². The van der Waals surface area contributed by atoms with Gasteiger partial charge in [0, 0.05) is 12.1 Å². The Morgan fingerprint density at radius 3 is 2.30 bits per heavy atom. The van der Waals surface area contributed by atoms with E-state index in [4.69, 9.17) is 4.74 Å². The highest BCUT2D eigenvalue weighted by Gasteiger charge is 2.57. The number of benzene rings is 1. The number of ether oxygens (including phenoxy) is 1. The Balaban J connectivity index is 1.47. The van der Waals surface area contributed by atoms with E-state index in [9.17, 15) is 24.5 Å². The second kappa shape index (κ2) is 7.43. The van der Waals surface area contributed by atoms with Crippen molar-refractivity contribution in [2.75, 3.05) is 12.4 Å². The zero-order valence-corrected chi connectivity index (χ0v) is 16.5. The molecular formula is C20H22N4O6. The monoisotopic (exact) mass is 414 g/mol. The molecule has 4 aliphatic rings. The number of non-ortho nitro benzene ring substituents is 1. The maximum absolute atomic E-state index is 12.9. The Morgan fingerprint density at radius 2 is 1.80 bits per heavy atom. The van der Waals surface area contributed by atoms with E-state index in [1.54, 1.807) is 6.92 Å². The van der Waals surface area contributed by atoms with Crippen LogP contribution in [0, 0.1) is 33.8 Å². The lowest BCUT2D eigenvalue weighted by Crippen LogP contribution is -2.50. The number of hydrogen-bond donors (Lipinski definition) is 2. The number of nitro benzene ring substituents is 1. The molecule has 0 radical (unpaired) electrons. The molecule has 2 fully saturated rings. The summed E-state index contributed by atoms with van der Waals surface area (Å²) in [6.45, 7) is 1.56. The average molecular weight is 414 g/mol. The number of methoxy groups -OCH3 is 1. The first-order valence-electron chi connectivity index (χ1n) is 9.77. The van der Waals surface area contributed by atoms with E-state index < -0.39 is 17.1 Å². The van der Waals surface area contributed by atoms with Gasteiger partial charge < -0.3 is 15.4 Å². The molecule has 1 aromatic carbocycles. The first kappa shape index (κ1) is 19.9. The topological polar surface area (TPSA) is 131 Å². The number of rotatable bonds is 5. The van der Waals surface area contributed by atoms with Crippen LogP contribution in [0.15, 0.2) is 30.4 Å². The van der Waals surface area contributed by atoms with Gasteiger partial charge in [0.15, 0.2) is 0 Å². The number of nitrogens with zero attached hydrogens (tertiary/aromatic N) is 2. The number of nitrogens with one attached hydrogen (secondary N) is 2. The van der Waals surface area contributed by atoms with Gasteiger partial charge in [-0.1, -0.05) is 12.2 Å². The van der Waals surface area contributed by atoms with Crippen LogP contribution in [0.25, 0.3) is 0 Å². The minimum atomic E-state index is -0.861. The highest BCUT2D eigenvalue weighted by molar-refractivity contribution is 6.06. The van der Waals surface area contributed by atoms with Crippen LogP contribution in [-0.4, -0.2) is 40.9 Å². The van der Waals surface area contributed by atoms with Crippen molar-refractivity contribution >= 4 is 29.2 Å². The summed E-state index contributed by atoms with van der Waals surface area (Å²) in [5.74, 6) is -0.857. The number of urea groups is 1. The first-order valence-corrected chi connectivity index (χ1v) is 9.77. The van der Waals surface area contributed by atoms with Crippen molar-refractivity contribution in [1.82, 2.24) is 10.2 Å². The van der Waals surface area contributed by atoms with Gasteiger partial charge in [0.05, 0.1) is 29.6 Å².